The Morgan fingerprint density at radius 1 is 0.606 bits per heavy atom. The lowest BCUT2D eigenvalue weighted by Crippen LogP contribution is -2.60. The van der Waals surface area contributed by atoms with Crippen molar-refractivity contribution in [2.75, 3.05) is 5.33 Å². The van der Waals surface area contributed by atoms with Gasteiger partial charge in [-0.05, 0) is 16.7 Å². The number of hydrogen-bond acceptors (Lipinski definition) is 5. The van der Waals surface area contributed by atoms with E-state index in [2.05, 4.69) is 15.9 Å². The molecule has 1 saturated heterocycles. The number of benzene rings is 3. The van der Waals surface area contributed by atoms with Crippen LogP contribution in [0, 0.1) is 0 Å². The Morgan fingerprint density at radius 2 is 1.00 bits per heavy atom. The molecule has 1 heterocycles. The van der Waals surface area contributed by atoms with E-state index in [1.165, 1.54) is 0 Å². The first kappa shape index (κ1) is 24.1. The Morgan fingerprint density at radius 3 is 1.42 bits per heavy atom. The van der Waals surface area contributed by atoms with Gasteiger partial charge in [-0.1, -0.05) is 107 Å². The first-order valence-corrected chi connectivity index (χ1v) is 12.2. The SMILES string of the molecule is OC1O[C@H](CBr)[C@H](OCc2ccccc2)[C@H](OCc2ccccc2)[C@H]1OCc1ccccc1. The Balaban J connectivity index is 1.53. The Labute approximate surface area is 203 Å². The van der Waals surface area contributed by atoms with Gasteiger partial charge in [0.15, 0.2) is 6.29 Å². The molecule has 3 aromatic rings. The van der Waals surface area contributed by atoms with Crippen LogP contribution in [0.5, 0.6) is 0 Å². The summed E-state index contributed by atoms with van der Waals surface area (Å²) in [5.41, 5.74) is 3.11. The van der Waals surface area contributed by atoms with Gasteiger partial charge in [-0.25, -0.2) is 0 Å². The van der Waals surface area contributed by atoms with E-state index in [9.17, 15) is 5.11 Å². The Kier molecular flexibility index (Phi) is 9.06. The molecule has 174 valence electrons. The van der Waals surface area contributed by atoms with E-state index in [1.807, 2.05) is 91.0 Å². The van der Waals surface area contributed by atoms with E-state index in [0.717, 1.165) is 16.7 Å². The molecule has 5 nitrogen and oxygen atoms in total. The summed E-state index contributed by atoms with van der Waals surface area (Å²) >= 11 is 3.51. The van der Waals surface area contributed by atoms with Gasteiger partial charge in [-0.3, -0.25) is 0 Å². The maximum Gasteiger partial charge on any atom is 0.184 e. The van der Waals surface area contributed by atoms with Gasteiger partial charge in [-0.2, -0.15) is 0 Å². The van der Waals surface area contributed by atoms with Crippen LogP contribution < -0.4 is 0 Å². The number of rotatable bonds is 10. The maximum absolute atomic E-state index is 10.8. The predicted octanol–water partition coefficient (Wildman–Crippen LogP) is 4.85. The summed E-state index contributed by atoms with van der Waals surface area (Å²) in [5, 5.41) is 11.3. The third kappa shape index (κ3) is 6.73. The van der Waals surface area contributed by atoms with E-state index >= 15 is 0 Å². The second-order valence-electron chi connectivity index (χ2n) is 8.00. The molecule has 3 aromatic carbocycles. The molecule has 0 bridgehead atoms. The zero-order valence-corrected chi connectivity index (χ0v) is 19.9. The topological polar surface area (TPSA) is 57.2 Å². The molecule has 4 rings (SSSR count). The van der Waals surface area contributed by atoms with E-state index in [0.29, 0.717) is 25.2 Å². The van der Waals surface area contributed by atoms with Crippen molar-refractivity contribution in [2.24, 2.45) is 0 Å². The molecule has 0 radical (unpaired) electrons. The van der Waals surface area contributed by atoms with Crippen molar-refractivity contribution in [1.29, 1.82) is 0 Å². The van der Waals surface area contributed by atoms with Crippen molar-refractivity contribution >= 4 is 15.9 Å². The fraction of sp³-hybridized carbons (Fsp3) is 0.333. The molecule has 1 unspecified atom stereocenters. The van der Waals surface area contributed by atoms with Gasteiger partial charge in [0.1, 0.15) is 18.3 Å². The normalized spacial score (nSPS) is 25.1. The molecule has 5 atom stereocenters. The molecule has 6 heteroatoms. The zero-order valence-electron chi connectivity index (χ0n) is 18.3. The van der Waals surface area contributed by atoms with Crippen molar-refractivity contribution in [3.8, 4) is 0 Å². The second-order valence-corrected chi connectivity index (χ2v) is 8.65. The van der Waals surface area contributed by atoms with Gasteiger partial charge in [0.05, 0.1) is 25.9 Å². The lowest BCUT2D eigenvalue weighted by atomic mass is 9.98. The van der Waals surface area contributed by atoms with Crippen LogP contribution in [0.15, 0.2) is 91.0 Å². The van der Waals surface area contributed by atoms with Crippen LogP contribution in [-0.2, 0) is 38.8 Å². The fourth-order valence-electron chi connectivity index (χ4n) is 3.89. The van der Waals surface area contributed by atoms with Gasteiger partial charge < -0.3 is 24.1 Å². The lowest BCUT2D eigenvalue weighted by Gasteiger charge is -2.44. The molecule has 0 spiro atoms. The largest absolute Gasteiger partial charge is 0.368 e. The van der Waals surface area contributed by atoms with Crippen LogP contribution >= 0.6 is 15.9 Å². The molecular formula is C27H29BrO5. The third-order valence-corrected chi connectivity index (χ3v) is 6.26. The molecule has 1 aliphatic rings. The monoisotopic (exact) mass is 512 g/mol. The van der Waals surface area contributed by atoms with Crippen molar-refractivity contribution in [3.05, 3.63) is 108 Å². The smallest absolute Gasteiger partial charge is 0.184 e. The standard InChI is InChI=1S/C27H29BrO5/c28-16-23-24(30-17-20-10-4-1-5-11-20)25(31-18-21-12-6-2-7-13-21)26(27(29)33-23)32-19-22-14-8-3-9-15-22/h1-15,23-27,29H,16-19H2/t23-,24+,25+,26-,27?/m1/s1. The molecule has 1 N–H and O–H groups in total. The Bertz CT molecular complexity index is 941. The lowest BCUT2D eigenvalue weighted by molar-refractivity contribution is -0.307. The second kappa shape index (κ2) is 12.4. The highest BCUT2D eigenvalue weighted by Gasteiger charge is 2.47. The van der Waals surface area contributed by atoms with Crippen molar-refractivity contribution < 1.29 is 24.1 Å². The van der Waals surface area contributed by atoms with Gasteiger partial charge in [0.2, 0.25) is 0 Å². The minimum Gasteiger partial charge on any atom is -0.368 e. The predicted molar refractivity (Wildman–Crippen MR) is 130 cm³/mol. The van der Waals surface area contributed by atoms with Gasteiger partial charge in [0, 0.05) is 5.33 Å². The average Bonchev–Trinajstić information content (AvgIpc) is 2.87. The quantitative estimate of drug-likeness (QED) is 0.393. The molecule has 0 amide bonds. The number of aliphatic hydroxyl groups excluding tert-OH is 1. The van der Waals surface area contributed by atoms with Crippen LogP contribution in [-0.4, -0.2) is 41.1 Å². The number of ether oxygens (including phenoxy) is 4. The number of aliphatic hydroxyl groups is 1. The van der Waals surface area contributed by atoms with E-state index in [-0.39, 0.29) is 6.10 Å². The first-order valence-electron chi connectivity index (χ1n) is 11.1. The summed E-state index contributed by atoms with van der Waals surface area (Å²) in [6.07, 6.45) is -3.18. The van der Waals surface area contributed by atoms with Crippen molar-refractivity contribution in [1.82, 2.24) is 0 Å². The highest BCUT2D eigenvalue weighted by Crippen LogP contribution is 2.30. The highest BCUT2D eigenvalue weighted by molar-refractivity contribution is 9.09. The molecule has 1 aliphatic heterocycles. The molecular weight excluding hydrogens is 484 g/mol. The van der Waals surface area contributed by atoms with Crippen LogP contribution in [0.25, 0.3) is 0 Å². The Hall–Kier alpha value is -2.06. The van der Waals surface area contributed by atoms with Gasteiger partial charge in [-0.15, -0.1) is 0 Å². The molecule has 33 heavy (non-hydrogen) atoms. The summed E-state index contributed by atoms with van der Waals surface area (Å²) in [7, 11) is 0. The molecule has 0 aromatic heterocycles. The van der Waals surface area contributed by atoms with Crippen LogP contribution in [0.1, 0.15) is 16.7 Å². The zero-order chi connectivity index (χ0) is 22.9. The van der Waals surface area contributed by atoms with Crippen LogP contribution in [0.3, 0.4) is 0 Å². The van der Waals surface area contributed by atoms with Gasteiger partial charge >= 0.3 is 0 Å². The number of alkyl halides is 1. The summed E-state index contributed by atoms with van der Waals surface area (Å²) < 4.78 is 24.8. The minimum absolute atomic E-state index is 0.335. The first-order chi connectivity index (χ1) is 16.2. The molecule has 0 aliphatic carbocycles. The van der Waals surface area contributed by atoms with Crippen molar-refractivity contribution in [2.45, 2.75) is 50.5 Å². The average molecular weight is 513 g/mol. The number of halogens is 1. The van der Waals surface area contributed by atoms with Gasteiger partial charge in [0.25, 0.3) is 0 Å². The van der Waals surface area contributed by atoms with Crippen LogP contribution in [0.2, 0.25) is 0 Å². The summed E-state index contributed by atoms with van der Waals surface area (Å²) in [6, 6.07) is 29.8. The molecule has 1 fully saturated rings. The third-order valence-electron chi connectivity index (χ3n) is 5.62. The minimum atomic E-state index is -1.13. The maximum atomic E-state index is 10.8. The van der Waals surface area contributed by atoms with Crippen LogP contribution in [0.4, 0.5) is 0 Å². The summed E-state index contributed by atoms with van der Waals surface area (Å²) in [5.74, 6) is 0. The highest BCUT2D eigenvalue weighted by atomic mass is 79.9. The summed E-state index contributed by atoms with van der Waals surface area (Å²) in [6.45, 7) is 1.12. The fourth-order valence-corrected chi connectivity index (χ4v) is 4.41. The number of hydrogen-bond donors (Lipinski definition) is 1. The van der Waals surface area contributed by atoms with Crippen molar-refractivity contribution in [3.63, 3.8) is 0 Å². The van der Waals surface area contributed by atoms with E-state index in [4.69, 9.17) is 18.9 Å². The van der Waals surface area contributed by atoms with E-state index < -0.39 is 24.6 Å². The molecule has 0 saturated carbocycles. The van der Waals surface area contributed by atoms with E-state index in [1.54, 1.807) is 0 Å². The summed E-state index contributed by atoms with van der Waals surface area (Å²) in [4.78, 5) is 0.